The molecule has 2 N–H and O–H groups in total. The van der Waals surface area contributed by atoms with Gasteiger partial charge in [0.05, 0.1) is 6.33 Å². The van der Waals surface area contributed by atoms with Gasteiger partial charge in [0.25, 0.3) is 0 Å². The molecule has 0 aliphatic heterocycles. The SMILES string of the molecule is Cn1cnc(-c2n[nH]c(NCc3c(F)cccc3Cl)n2)c1. The third kappa shape index (κ3) is 2.87. The highest BCUT2D eigenvalue weighted by Crippen LogP contribution is 2.20. The highest BCUT2D eigenvalue weighted by atomic mass is 35.5. The van der Waals surface area contributed by atoms with Crippen molar-refractivity contribution in [1.29, 1.82) is 0 Å². The van der Waals surface area contributed by atoms with E-state index in [-0.39, 0.29) is 12.4 Å². The summed E-state index contributed by atoms with van der Waals surface area (Å²) >= 11 is 5.96. The number of hydrogen-bond donors (Lipinski definition) is 2. The zero-order chi connectivity index (χ0) is 14.8. The quantitative estimate of drug-likeness (QED) is 0.777. The molecule has 0 fully saturated rings. The fourth-order valence-electron chi connectivity index (χ4n) is 1.86. The van der Waals surface area contributed by atoms with Crippen molar-refractivity contribution in [3.05, 3.63) is 47.1 Å². The lowest BCUT2D eigenvalue weighted by Gasteiger charge is -2.06. The number of aromatic amines is 1. The van der Waals surface area contributed by atoms with Gasteiger partial charge in [-0.3, -0.25) is 0 Å². The molecule has 1 aromatic carbocycles. The zero-order valence-corrected chi connectivity index (χ0v) is 11.9. The molecule has 0 amide bonds. The van der Waals surface area contributed by atoms with Gasteiger partial charge in [-0.15, -0.1) is 0 Å². The van der Waals surface area contributed by atoms with Crippen molar-refractivity contribution in [2.75, 3.05) is 5.32 Å². The Hall–Kier alpha value is -2.41. The van der Waals surface area contributed by atoms with Crippen LogP contribution in [0.5, 0.6) is 0 Å². The van der Waals surface area contributed by atoms with Gasteiger partial charge in [-0.25, -0.2) is 14.5 Å². The molecule has 0 atom stereocenters. The molecule has 0 saturated carbocycles. The number of hydrogen-bond acceptors (Lipinski definition) is 4. The average Bonchev–Trinajstić information content (AvgIpc) is 3.07. The first-order chi connectivity index (χ1) is 10.1. The summed E-state index contributed by atoms with van der Waals surface area (Å²) in [4.78, 5) is 8.40. The Labute approximate surface area is 125 Å². The van der Waals surface area contributed by atoms with Crippen molar-refractivity contribution in [3.63, 3.8) is 0 Å². The lowest BCUT2D eigenvalue weighted by Crippen LogP contribution is -2.03. The van der Waals surface area contributed by atoms with Crippen LogP contribution in [-0.2, 0) is 13.6 Å². The molecular weight excluding hydrogens is 295 g/mol. The van der Waals surface area contributed by atoms with Crippen molar-refractivity contribution in [3.8, 4) is 11.5 Å². The molecule has 0 bridgehead atoms. The molecule has 0 radical (unpaired) electrons. The van der Waals surface area contributed by atoms with Crippen LogP contribution in [0.1, 0.15) is 5.56 Å². The molecule has 6 nitrogen and oxygen atoms in total. The summed E-state index contributed by atoms with van der Waals surface area (Å²) in [5, 5.41) is 10.1. The number of imidazole rings is 1. The van der Waals surface area contributed by atoms with E-state index in [1.807, 2.05) is 7.05 Å². The number of halogens is 2. The van der Waals surface area contributed by atoms with Gasteiger partial charge in [0.15, 0.2) is 0 Å². The Kier molecular flexibility index (Phi) is 3.57. The van der Waals surface area contributed by atoms with E-state index in [0.29, 0.717) is 28.1 Å². The van der Waals surface area contributed by atoms with Crippen molar-refractivity contribution in [2.24, 2.45) is 7.05 Å². The molecule has 3 aromatic rings. The average molecular weight is 307 g/mol. The lowest BCUT2D eigenvalue weighted by molar-refractivity contribution is 0.613. The maximum absolute atomic E-state index is 13.6. The largest absolute Gasteiger partial charge is 0.350 e. The third-order valence-corrected chi connectivity index (χ3v) is 3.27. The van der Waals surface area contributed by atoms with Gasteiger partial charge in [0.1, 0.15) is 11.5 Å². The third-order valence-electron chi connectivity index (χ3n) is 2.91. The van der Waals surface area contributed by atoms with Gasteiger partial charge in [-0.05, 0) is 12.1 Å². The molecule has 0 saturated heterocycles. The van der Waals surface area contributed by atoms with Crippen molar-refractivity contribution < 1.29 is 4.39 Å². The molecule has 0 aliphatic rings. The zero-order valence-electron chi connectivity index (χ0n) is 11.1. The van der Waals surface area contributed by atoms with Crippen LogP contribution in [0.4, 0.5) is 10.3 Å². The predicted octanol–water partition coefficient (Wildman–Crippen LogP) is 2.61. The Bertz CT molecular complexity index is 745. The first-order valence-corrected chi connectivity index (χ1v) is 6.59. The summed E-state index contributed by atoms with van der Waals surface area (Å²) in [6.07, 6.45) is 3.47. The van der Waals surface area contributed by atoms with Crippen LogP contribution in [-0.4, -0.2) is 24.7 Å². The molecule has 2 heterocycles. The smallest absolute Gasteiger partial charge is 0.219 e. The minimum Gasteiger partial charge on any atom is -0.350 e. The fraction of sp³-hybridized carbons (Fsp3) is 0.154. The van der Waals surface area contributed by atoms with Crippen molar-refractivity contribution in [2.45, 2.75) is 6.54 Å². The molecule has 0 aliphatic carbocycles. The van der Waals surface area contributed by atoms with Crippen LogP contribution >= 0.6 is 11.6 Å². The fourth-order valence-corrected chi connectivity index (χ4v) is 2.09. The van der Waals surface area contributed by atoms with E-state index < -0.39 is 0 Å². The molecule has 8 heteroatoms. The maximum atomic E-state index is 13.6. The van der Waals surface area contributed by atoms with Crippen LogP contribution in [0, 0.1) is 5.82 Å². The molecule has 0 spiro atoms. The summed E-state index contributed by atoms with van der Waals surface area (Å²) in [7, 11) is 1.86. The van der Waals surface area contributed by atoms with Gasteiger partial charge < -0.3 is 9.88 Å². The molecular formula is C13H12ClFN6. The second-order valence-corrected chi connectivity index (χ2v) is 4.89. The van der Waals surface area contributed by atoms with Crippen molar-refractivity contribution >= 4 is 17.5 Å². The topological polar surface area (TPSA) is 71.4 Å². The number of benzene rings is 1. The second kappa shape index (κ2) is 5.53. The van der Waals surface area contributed by atoms with Crippen LogP contribution in [0.3, 0.4) is 0 Å². The van der Waals surface area contributed by atoms with Gasteiger partial charge in [-0.2, -0.15) is 10.1 Å². The van der Waals surface area contributed by atoms with E-state index in [9.17, 15) is 4.39 Å². The van der Waals surface area contributed by atoms with E-state index in [1.54, 1.807) is 29.2 Å². The van der Waals surface area contributed by atoms with Crippen molar-refractivity contribution in [1.82, 2.24) is 24.7 Å². The molecule has 21 heavy (non-hydrogen) atoms. The Morgan fingerprint density at radius 2 is 2.29 bits per heavy atom. The lowest BCUT2D eigenvalue weighted by atomic mass is 10.2. The Morgan fingerprint density at radius 3 is 3.00 bits per heavy atom. The standard InChI is InChI=1S/C13H12ClFN6/c1-21-6-11(17-7-21)12-18-13(20-19-12)16-5-8-9(14)3-2-4-10(8)15/h2-4,6-7H,5H2,1H3,(H2,16,18,19,20). The van der Waals surface area contributed by atoms with E-state index in [4.69, 9.17) is 11.6 Å². The summed E-state index contributed by atoms with van der Waals surface area (Å²) < 4.78 is 15.4. The van der Waals surface area contributed by atoms with Crippen LogP contribution in [0.25, 0.3) is 11.5 Å². The molecule has 108 valence electrons. The molecule has 3 rings (SSSR count). The van der Waals surface area contributed by atoms with Crippen LogP contribution < -0.4 is 5.32 Å². The van der Waals surface area contributed by atoms with E-state index in [1.165, 1.54) is 6.07 Å². The summed E-state index contributed by atoms with van der Waals surface area (Å²) in [5.74, 6) is 0.534. The minimum atomic E-state index is -0.362. The van der Waals surface area contributed by atoms with Gasteiger partial charge >= 0.3 is 0 Å². The van der Waals surface area contributed by atoms with Gasteiger partial charge in [0.2, 0.25) is 11.8 Å². The van der Waals surface area contributed by atoms with Crippen LogP contribution in [0.15, 0.2) is 30.7 Å². The summed E-state index contributed by atoms with van der Waals surface area (Å²) in [6, 6.07) is 4.57. The highest BCUT2D eigenvalue weighted by Gasteiger charge is 2.10. The number of nitrogens with zero attached hydrogens (tertiary/aromatic N) is 4. The number of H-pyrrole nitrogens is 1. The highest BCUT2D eigenvalue weighted by molar-refractivity contribution is 6.31. The number of aryl methyl sites for hydroxylation is 1. The first-order valence-electron chi connectivity index (χ1n) is 6.21. The molecule has 2 aromatic heterocycles. The first kappa shape index (κ1) is 13.6. The Balaban J connectivity index is 1.73. The van der Waals surface area contributed by atoms with Gasteiger partial charge in [-0.1, -0.05) is 17.7 Å². The number of aromatic nitrogens is 5. The number of anilines is 1. The monoisotopic (exact) mass is 306 g/mol. The predicted molar refractivity (Wildman–Crippen MR) is 77.3 cm³/mol. The van der Waals surface area contributed by atoms with E-state index >= 15 is 0 Å². The van der Waals surface area contributed by atoms with E-state index in [2.05, 4.69) is 25.5 Å². The van der Waals surface area contributed by atoms with E-state index in [0.717, 1.165) is 0 Å². The second-order valence-electron chi connectivity index (χ2n) is 4.49. The Morgan fingerprint density at radius 1 is 1.43 bits per heavy atom. The molecule has 0 unspecified atom stereocenters. The van der Waals surface area contributed by atoms with Gasteiger partial charge in [0, 0.05) is 30.4 Å². The van der Waals surface area contributed by atoms with Crippen LogP contribution in [0.2, 0.25) is 5.02 Å². The normalized spacial score (nSPS) is 10.8. The number of rotatable bonds is 4. The maximum Gasteiger partial charge on any atom is 0.219 e. The summed E-state index contributed by atoms with van der Waals surface area (Å²) in [5.41, 5.74) is 1.04. The number of nitrogens with one attached hydrogen (secondary N) is 2. The summed E-state index contributed by atoms with van der Waals surface area (Å²) in [6.45, 7) is 0.211. The minimum absolute atomic E-state index is 0.211.